The van der Waals surface area contributed by atoms with Crippen molar-refractivity contribution in [1.29, 1.82) is 0 Å². The van der Waals surface area contributed by atoms with Gasteiger partial charge in [0.15, 0.2) is 11.6 Å². The molecular formula is C11H17N5O. The van der Waals surface area contributed by atoms with Crippen molar-refractivity contribution in [3.63, 3.8) is 0 Å². The van der Waals surface area contributed by atoms with E-state index >= 15 is 0 Å². The van der Waals surface area contributed by atoms with E-state index in [9.17, 15) is 0 Å². The van der Waals surface area contributed by atoms with Crippen LogP contribution in [0.2, 0.25) is 0 Å². The number of ether oxygens (including phenoxy) is 1. The van der Waals surface area contributed by atoms with Crippen molar-refractivity contribution in [1.82, 2.24) is 10.2 Å². The van der Waals surface area contributed by atoms with Crippen molar-refractivity contribution >= 4 is 17.3 Å². The molecule has 1 N–H and O–H groups in total. The van der Waals surface area contributed by atoms with Gasteiger partial charge in [-0.3, -0.25) is 5.43 Å². The zero-order valence-electron chi connectivity index (χ0n) is 10.2. The summed E-state index contributed by atoms with van der Waals surface area (Å²) >= 11 is 0. The first-order valence-electron chi connectivity index (χ1n) is 5.69. The first-order valence-corrected chi connectivity index (χ1v) is 5.69. The predicted molar refractivity (Wildman–Crippen MR) is 67.5 cm³/mol. The maximum Gasteiger partial charge on any atom is 0.168 e. The molecule has 0 radical (unpaired) electrons. The second-order valence-corrected chi connectivity index (χ2v) is 4.05. The van der Waals surface area contributed by atoms with Crippen LogP contribution in [0.5, 0.6) is 0 Å². The van der Waals surface area contributed by atoms with E-state index in [1.54, 1.807) is 0 Å². The van der Waals surface area contributed by atoms with Gasteiger partial charge in [-0.1, -0.05) is 0 Å². The number of nitrogens with one attached hydrogen (secondary N) is 1. The highest BCUT2D eigenvalue weighted by Gasteiger charge is 2.12. The predicted octanol–water partition coefficient (Wildman–Crippen LogP) is 1.12. The van der Waals surface area contributed by atoms with Gasteiger partial charge in [0.2, 0.25) is 0 Å². The van der Waals surface area contributed by atoms with Crippen molar-refractivity contribution < 1.29 is 4.74 Å². The fraction of sp³-hybridized carbons (Fsp3) is 0.545. The summed E-state index contributed by atoms with van der Waals surface area (Å²) in [6, 6.07) is 3.82. The first-order chi connectivity index (χ1) is 8.25. The van der Waals surface area contributed by atoms with Crippen LogP contribution in [0.15, 0.2) is 17.2 Å². The van der Waals surface area contributed by atoms with Crippen molar-refractivity contribution in [3.8, 4) is 0 Å². The number of hydrogen-bond donors (Lipinski definition) is 1. The lowest BCUT2D eigenvalue weighted by Gasteiger charge is -2.27. The molecule has 6 heteroatoms. The van der Waals surface area contributed by atoms with Crippen molar-refractivity contribution in [2.75, 3.05) is 36.6 Å². The van der Waals surface area contributed by atoms with E-state index in [2.05, 4.69) is 25.6 Å². The van der Waals surface area contributed by atoms with E-state index in [0.717, 1.165) is 37.8 Å². The fourth-order valence-corrected chi connectivity index (χ4v) is 1.52. The summed E-state index contributed by atoms with van der Waals surface area (Å²) in [5, 5.41) is 12.3. The quantitative estimate of drug-likeness (QED) is 0.628. The largest absolute Gasteiger partial charge is 0.378 e. The average Bonchev–Trinajstić information content (AvgIpc) is 2.38. The van der Waals surface area contributed by atoms with Crippen LogP contribution in [0.3, 0.4) is 0 Å². The standard InChI is InChI=1S/C11H17N5O/c1-9(2)12-13-10-3-4-11(15-14-10)16-5-7-17-8-6-16/h3-4H,5-8H2,1-2H3,(H,13,14). The van der Waals surface area contributed by atoms with Gasteiger partial charge in [0, 0.05) is 18.8 Å². The Hall–Kier alpha value is -1.69. The summed E-state index contributed by atoms with van der Waals surface area (Å²) in [6.45, 7) is 7.08. The number of aromatic nitrogens is 2. The molecule has 1 aliphatic heterocycles. The highest BCUT2D eigenvalue weighted by Crippen LogP contribution is 2.13. The Kier molecular flexibility index (Phi) is 3.87. The van der Waals surface area contributed by atoms with Crippen LogP contribution >= 0.6 is 0 Å². The first kappa shape index (κ1) is 11.8. The number of anilines is 2. The molecule has 2 rings (SSSR count). The minimum atomic E-state index is 0.656. The van der Waals surface area contributed by atoms with Gasteiger partial charge < -0.3 is 9.64 Å². The Bertz CT molecular complexity index is 379. The maximum absolute atomic E-state index is 5.29. The molecule has 0 aliphatic carbocycles. The summed E-state index contributed by atoms with van der Waals surface area (Å²) in [7, 11) is 0. The molecule has 2 heterocycles. The van der Waals surface area contributed by atoms with E-state index < -0.39 is 0 Å². The Morgan fingerprint density at radius 3 is 2.65 bits per heavy atom. The van der Waals surface area contributed by atoms with Gasteiger partial charge in [0.25, 0.3) is 0 Å². The summed E-state index contributed by atoms with van der Waals surface area (Å²) in [4.78, 5) is 2.16. The number of hydrogen-bond acceptors (Lipinski definition) is 6. The topological polar surface area (TPSA) is 62.6 Å². The summed E-state index contributed by atoms with van der Waals surface area (Å²) < 4.78 is 5.29. The van der Waals surface area contributed by atoms with E-state index in [0.29, 0.717) is 5.82 Å². The molecule has 0 saturated carbocycles. The van der Waals surface area contributed by atoms with Gasteiger partial charge in [-0.05, 0) is 26.0 Å². The van der Waals surface area contributed by atoms with Crippen LogP contribution in [0.25, 0.3) is 0 Å². The minimum Gasteiger partial charge on any atom is -0.378 e. The lowest BCUT2D eigenvalue weighted by molar-refractivity contribution is 0.122. The fourth-order valence-electron chi connectivity index (χ4n) is 1.52. The summed E-state index contributed by atoms with van der Waals surface area (Å²) in [5.41, 5.74) is 3.79. The van der Waals surface area contributed by atoms with Crippen LogP contribution in [-0.4, -0.2) is 42.2 Å². The molecule has 0 bridgehead atoms. The number of hydrazone groups is 1. The molecule has 92 valence electrons. The van der Waals surface area contributed by atoms with Crippen molar-refractivity contribution in [3.05, 3.63) is 12.1 Å². The number of rotatable bonds is 3. The number of morpholine rings is 1. The molecule has 1 aliphatic rings. The van der Waals surface area contributed by atoms with Crippen LogP contribution < -0.4 is 10.3 Å². The van der Waals surface area contributed by atoms with Crippen LogP contribution in [0.4, 0.5) is 11.6 Å². The molecule has 17 heavy (non-hydrogen) atoms. The lowest BCUT2D eigenvalue weighted by atomic mass is 10.4. The normalized spacial score (nSPS) is 15.5. The Morgan fingerprint density at radius 1 is 1.29 bits per heavy atom. The molecule has 1 saturated heterocycles. The maximum atomic E-state index is 5.29. The SMILES string of the molecule is CC(C)=NNc1ccc(N2CCOCC2)nn1. The van der Waals surface area contributed by atoms with Gasteiger partial charge in [-0.25, -0.2) is 0 Å². The molecule has 0 aromatic carbocycles. The molecule has 0 unspecified atom stereocenters. The Labute approximate surface area is 101 Å². The van der Waals surface area contributed by atoms with Gasteiger partial charge >= 0.3 is 0 Å². The smallest absolute Gasteiger partial charge is 0.168 e. The second-order valence-electron chi connectivity index (χ2n) is 4.05. The molecule has 1 aromatic rings. The highest BCUT2D eigenvalue weighted by molar-refractivity contribution is 5.79. The Morgan fingerprint density at radius 2 is 2.06 bits per heavy atom. The zero-order chi connectivity index (χ0) is 12.1. The van der Waals surface area contributed by atoms with Gasteiger partial charge in [0.05, 0.1) is 13.2 Å². The van der Waals surface area contributed by atoms with Crippen LogP contribution in [0.1, 0.15) is 13.8 Å². The molecule has 0 spiro atoms. The van der Waals surface area contributed by atoms with Crippen LogP contribution in [0, 0.1) is 0 Å². The van der Waals surface area contributed by atoms with E-state index in [4.69, 9.17) is 4.74 Å². The molecule has 6 nitrogen and oxygen atoms in total. The molecule has 1 aromatic heterocycles. The van der Waals surface area contributed by atoms with Crippen molar-refractivity contribution in [2.45, 2.75) is 13.8 Å². The van der Waals surface area contributed by atoms with Gasteiger partial charge in [-0.15, -0.1) is 10.2 Å². The second kappa shape index (κ2) is 5.58. The molecule has 1 fully saturated rings. The highest BCUT2D eigenvalue weighted by atomic mass is 16.5. The molecule has 0 amide bonds. The molecular weight excluding hydrogens is 218 g/mol. The molecule has 0 atom stereocenters. The number of nitrogens with zero attached hydrogens (tertiary/aromatic N) is 4. The van der Waals surface area contributed by atoms with Gasteiger partial charge in [-0.2, -0.15) is 5.10 Å². The summed E-state index contributed by atoms with van der Waals surface area (Å²) in [6.07, 6.45) is 0. The third-order valence-corrected chi connectivity index (χ3v) is 2.38. The third kappa shape index (κ3) is 3.39. The lowest BCUT2D eigenvalue weighted by Crippen LogP contribution is -2.36. The zero-order valence-corrected chi connectivity index (χ0v) is 10.2. The summed E-state index contributed by atoms with van der Waals surface area (Å²) in [5.74, 6) is 1.54. The monoisotopic (exact) mass is 235 g/mol. The van der Waals surface area contributed by atoms with Gasteiger partial charge in [0.1, 0.15) is 0 Å². The van der Waals surface area contributed by atoms with E-state index in [1.165, 1.54) is 0 Å². The van der Waals surface area contributed by atoms with E-state index in [-0.39, 0.29) is 0 Å². The van der Waals surface area contributed by atoms with E-state index in [1.807, 2.05) is 26.0 Å². The minimum absolute atomic E-state index is 0.656. The Balaban J connectivity index is 1.99. The average molecular weight is 235 g/mol. The van der Waals surface area contributed by atoms with Crippen molar-refractivity contribution in [2.24, 2.45) is 5.10 Å². The third-order valence-electron chi connectivity index (χ3n) is 2.38. The van der Waals surface area contributed by atoms with Crippen LogP contribution in [-0.2, 0) is 4.74 Å².